The van der Waals surface area contributed by atoms with Gasteiger partial charge in [-0.3, -0.25) is 0 Å². The molecule has 0 aliphatic carbocycles. The first-order chi connectivity index (χ1) is 2.50. The molecule has 1 rings (SSSR count). The Hall–Kier alpha value is -0.235. The molecule has 0 aliphatic rings. The van der Waals surface area contributed by atoms with E-state index in [4.69, 9.17) is 0 Å². The van der Waals surface area contributed by atoms with Crippen molar-refractivity contribution in [2.24, 2.45) is 0 Å². The first kappa shape index (κ1) is 5.76. The summed E-state index contributed by atoms with van der Waals surface area (Å²) in [6.45, 7) is 0. The second-order valence-electron chi connectivity index (χ2n) is 0.793. The van der Waals surface area contributed by atoms with Crippen molar-refractivity contribution in [3.63, 3.8) is 0 Å². The van der Waals surface area contributed by atoms with E-state index in [1.165, 1.54) is 0 Å². The Kier molecular flexibility index (Phi) is 2.86. The fraction of sp³-hybridized carbons (Fsp3) is 0. The van der Waals surface area contributed by atoms with Gasteiger partial charge in [-0.05, 0) is 10.8 Å². The third-order valence-electron chi connectivity index (χ3n) is 0.425. The number of thiophene rings is 1. The minimum Gasteiger partial charge on any atom is -0.152 e. The van der Waals surface area contributed by atoms with Gasteiger partial charge in [0.1, 0.15) is 0 Å². The summed E-state index contributed by atoms with van der Waals surface area (Å²) in [7, 11) is 0. The van der Waals surface area contributed by atoms with E-state index in [0.29, 0.717) is 0 Å². The lowest BCUT2D eigenvalue weighted by molar-refractivity contribution is 2.03. The van der Waals surface area contributed by atoms with E-state index in [1.807, 2.05) is 22.9 Å². The molecule has 29 valence electrons. The quantitative estimate of drug-likeness (QED) is 0.427. The second-order valence-corrected chi connectivity index (χ2v) is 1.61. The first-order valence-electron chi connectivity index (χ1n) is 1.47. The molecule has 0 aromatic carbocycles. The Labute approximate surface area is 43.4 Å². The molecule has 1 aromatic rings. The Morgan fingerprint density at radius 1 is 1.00 bits per heavy atom. The molecule has 1 heterocycles. The molecule has 0 saturated carbocycles. The van der Waals surface area contributed by atoms with Crippen molar-refractivity contribution in [2.45, 2.75) is 0 Å². The second kappa shape index (κ2) is 2.97. The highest BCUT2D eigenvalue weighted by Gasteiger charge is 1.58. The molecular weight excluding hydrogens is 90.9 g/mol. The lowest BCUT2D eigenvalue weighted by Gasteiger charge is -1.39. The molecule has 0 aliphatic heterocycles. The molecule has 0 fully saturated rings. The van der Waals surface area contributed by atoms with Crippen LogP contribution in [-0.2, 0) is 0 Å². The fourth-order valence-electron chi connectivity index (χ4n) is 0.227. The van der Waals surface area contributed by atoms with Crippen LogP contribution in [0.1, 0.15) is 0 Å². The van der Waals surface area contributed by atoms with E-state index < -0.39 is 0 Å². The van der Waals surface area contributed by atoms with Gasteiger partial charge in [0.15, 0.2) is 0 Å². The lowest BCUT2D eigenvalue weighted by atomic mass is 10.7. The zero-order chi connectivity index (χ0) is 3.54. The average molecular weight is 95.0 g/mol. The van der Waals surface area contributed by atoms with Crippen LogP contribution >= 0.6 is 11.3 Å². The summed E-state index contributed by atoms with van der Waals surface area (Å²) in [5, 5.41) is 4.08. The van der Waals surface area contributed by atoms with Gasteiger partial charge in [0.05, 0.1) is 0 Å². The number of rotatable bonds is 0. The predicted octanol–water partition coefficient (Wildman–Crippen LogP) is 1.37. The van der Waals surface area contributed by atoms with Gasteiger partial charge in [0.25, 0.3) is 0 Å². The van der Waals surface area contributed by atoms with Gasteiger partial charge in [-0.15, -0.1) is 0 Å². The van der Waals surface area contributed by atoms with E-state index >= 15 is 0 Å². The maximum absolute atomic E-state index is 2.04. The first-order valence-corrected chi connectivity index (χ1v) is 2.41. The van der Waals surface area contributed by atoms with E-state index in [2.05, 4.69) is 0 Å². The minimum atomic E-state index is 0. The molecule has 0 spiro atoms. The average Bonchev–Trinajstić information content (AvgIpc) is 1.76. The van der Waals surface area contributed by atoms with Crippen LogP contribution in [0.15, 0.2) is 22.9 Å². The van der Waals surface area contributed by atoms with Crippen LogP contribution < -0.4 is 0 Å². The summed E-state index contributed by atoms with van der Waals surface area (Å²) in [4.78, 5) is 0. The van der Waals surface area contributed by atoms with Crippen molar-refractivity contribution in [1.82, 2.24) is 0 Å². The van der Waals surface area contributed by atoms with Crippen molar-refractivity contribution in [1.29, 1.82) is 0 Å². The summed E-state index contributed by atoms with van der Waals surface area (Å²) < 4.78 is 0. The van der Waals surface area contributed by atoms with Crippen LogP contribution in [0.5, 0.6) is 0 Å². The molecule has 0 saturated heterocycles. The summed E-state index contributed by atoms with van der Waals surface area (Å²) in [5.74, 6) is 0. The Morgan fingerprint density at radius 3 is 1.67 bits per heavy atom. The van der Waals surface area contributed by atoms with E-state index in [1.54, 1.807) is 11.3 Å². The van der Waals surface area contributed by atoms with Crippen molar-refractivity contribution in [3.8, 4) is 0 Å². The van der Waals surface area contributed by atoms with Gasteiger partial charge >= 0.3 is 0 Å². The van der Waals surface area contributed by atoms with E-state index in [0.717, 1.165) is 0 Å². The Morgan fingerprint density at radius 2 is 1.50 bits per heavy atom. The Bertz CT molecular complexity index is 64.0. The standard InChI is InChI=1S/C4H4S.B/c1-2-4-5-3-1;/h1-4H;. The van der Waals surface area contributed by atoms with Crippen LogP contribution in [0, 0.1) is 0 Å². The van der Waals surface area contributed by atoms with Crippen molar-refractivity contribution in [2.75, 3.05) is 0 Å². The largest absolute Gasteiger partial charge is 0.152 e. The highest BCUT2D eigenvalue weighted by molar-refractivity contribution is 7.07. The smallest absolute Gasteiger partial charge is 0 e. The molecule has 6 heavy (non-hydrogen) atoms. The molecular formula is C4H4BS. The van der Waals surface area contributed by atoms with Crippen LogP contribution in [-0.4, -0.2) is 8.41 Å². The van der Waals surface area contributed by atoms with Crippen molar-refractivity contribution < 1.29 is 0 Å². The predicted molar refractivity (Wildman–Crippen MR) is 30.1 cm³/mol. The van der Waals surface area contributed by atoms with Gasteiger partial charge < -0.3 is 0 Å². The van der Waals surface area contributed by atoms with Crippen LogP contribution in [0.4, 0.5) is 0 Å². The van der Waals surface area contributed by atoms with Gasteiger partial charge in [0.2, 0.25) is 0 Å². The monoisotopic (exact) mass is 95.0 g/mol. The molecule has 0 atom stereocenters. The number of hydrogen-bond donors (Lipinski definition) is 0. The molecule has 0 unspecified atom stereocenters. The summed E-state index contributed by atoms with van der Waals surface area (Å²) in [5.41, 5.74) is 0. The lowest BCUT2D eigenvalue weighted by Crippen LogP contribution is -1.16. The summed E-state index contributed by atoms with van der Waals surface area (Å²) in [6, 6.07) is 4.04. The third kappa shape index (κ3) is 1.27. The normalized spacial score (nSPS) is 6.67. The molecule has 0 amide bonds. The van der Waals surface area contributed by atoms with E-state index in [9.17, 15) is 0 Å². The van der Waals surface area contributed by atoms with Gasteiger partial charge in [-0.2, -0.15) is 11.3 Å². The SMILES string of the molecule is [B].c1ccsc1. The topological polar surface area (TPSA) is 0 Å². The maximum atomic E-state index is 2.04. The van der Waals surface area contributed by atoms with Gasteiger partial charge in [-0.1, -0.05) is 12.1 Å². The minimum absolute atomic E-state index is 0. The van der Waals surface area contributed by atoms with Crippen LogP contribution in [0.3, 0.4) is 0 Å². The zero-order valence-corrected chi connectivity index (χ0v) is 4.11. The molecule has 0 nitrogen and oxygen atoms in total. The van der Waals surface area contributed by atoms with Gasteiger partial charge in [-0.25, -0.2) is 0 Å². The molecule has 0 bridgehead atoms. The highest BCUT2D eigenvalue weighted by atomic mass is 32.1. The summed E-state index contributed by atoms with van der Waals surface area (Å²) >= 11 is 1.71. The third-order valence-corrected chi connectivity index (χ3v) is 1.05. The maximum Gasteiger partial charge on any atom is 0 e. The Balaban J connectivity index is 0.000000250. The van der Waals surface area contributed by atoms with Crippen LogP contribution in [0.2, 0.25) is 0 Å². The van der Waals surface area contributed by atoms with Crippen LogP contribution in [0.25, 0.3) is 0 Å². The zero-order valence-electron chi connectivity index (χ0n) is 3.29. The van der Waals surface area contributed by atoms with Crippen molar-refractivity contribution >= 4 is 19.7 Å². The molecule has 0 N–H and O–H groups in total. The molecule has 3 radical (unpaired) electrons. The summed E-state index contributed by atoms with van der Waals surface area (Å²) in [6.07, 6.45) is 0. The van der Waals surface area contributed by atoms with Crippen molar-refractivity contribution in [3.05, 3.63) is 22.9 Å². The molecule has 1 aromatic heterocycles. The fourth-order valence-corrected chi connectivity index (χ4v) is 0.680. The highest BCUT2D eigenvalue weighted by Crippen LogP contribution is 1.91. The van der Waals surface area contributed by atoms with E-state index in [-0.39, 0.29) is 8.41 Å². The number of hydrogen-bond acceptors (Lipinski definition) is 1. The molecule has 2 heteroatoms. The van der Waals surface area contributed by atoms with Gasteiger partial charge in [0, 0.05) is 8.41 Å².